The molecule has 0 spiro atoms. The fourth-order valence-electron chi connectivity index (χ4n) is 3.34. The van der Waals surface area contributed by atoms with Crippen molar-refractivity contribution in [2.45, 2.75) is 12.5 Å². The number of para-hydroxylation sites is 1. The number of ether oxygens (including phenoxy) is 1. The minimum Gasteiger partial charge on any atom is -0.496 e. The van der Waals surface area contributed by atoms with Crippen LogP contribution in [0.25, 0.3) is 5.69 Å². The normalized spacial score (nSPS) is 16.5. The summed E-state index contributed by atoms with van der Waals surface area (Å²) < 4.78 is 6.76. The van der Waals surface area contributed by atoms with E-state index in [0.29, 0.717) is 24.3 Å². The third kappa shape index (κ3) is 3.21. The van der Waals surface area contributed by atoms with Crippen LogP contribution in [0.1, 0.15) is 22.8 Å². The number of hydrogen-bond donors (Lipinski definition) is 0. The molecule has 0 bridgehead atoms. The molecule has 0 aliphatic carbocycles. The number of amides is 1. The molecule has 0 radical (unpaired) electrons. The maximum Gasteiger partial charge on any atom is 0.259 e. The topological polar surface area (TPSA) is 82.2 Å². The first-order valence-corrected chi connectivity index (χ1v) is 8.68. The summed E-state index contributed by atoms with van der Waals surface area (Å²) >= 11 is 0. The van der Waals surface area contributed by atoms with Gasteiger partial charge in [-0.25, -0.2) is 0 Å². The predicted molar refractivity (Wildman–Crippen MR) is 98.2 cm³/mol. The van der Waals surface area contributed by atoms with Crippen molar-refractivity contribution in [3.63, 3.8) is 0 Å². The fourth-order valence-corrected chi connectivity index (χ4v) is 3.34. The molecule has 1 aliphatic rings. The van der Waals surface area contributed by atoms with Gasteiger partial charge in [0, 0.05) is 31.0 Å². The van der Waals surface area contributed by atoms with Crippen LogP contribution in [-0.4, -0.2) is 50.6 Å². The Labute approximate surface area is 155 Å². The first-order valence-electron chi connectivity index (χ1n) is 8.68. The Morgan fingerprint density at radius 3 is 2.63 bits per heavy atom. The Bertz CT molecular complexity index is 998. The number of benzene rings is 1. The van der Waals surface area contributed by atoms with E-state index in [1.807, 2.05) is 30.3 Å². The maximum atomic E-state index is 13.1. The number of rotatable bonds is 4. The summed E-state index contributed by atoms with van der Waals surface area (Å²) in [5, 5.41) is 8.32. The van der Waals surface area contributed by atoms with Gasteiger partial charge in [-0.05, 0) is 18.6 Å². The molecule has 0 N–H and O–H groups in total. The molecule has 1 aliphatic heterocycles. The first kappa shape index (κ1) is 17.0. The number of hydrogen-bond acceptors (Lipinski definition) is 5. The standard InChI is InChI=1S/C19H19N5O3/c1-27-17-11-18(25)23(14-5-3-2-4-6-14)13-16(17)19(26)22-10-7-15(12-22)24-20-8-9-21-24/h2-6,8-9,11,13,15H,7,10,12H2,1H3. The molecule has 8 nitrogen and oxygen atoms in total. The molecule has 27 heavy (non-hydrogen) atoms. The molecule has 8 heteroatoms. The highest BCUT2D eigenvalue weighted by atomic mass is 16.5. The summed E-state index contributed by atoms with van der Waals surface area (Å²) in [4.78, 5) is 28.9. The van der Waals surface area contributed by atoms with Crippen molar-refractivity contribution in [3.8, 4) is 11.4 Å². The zero-order valence-corrected chi connectivity index (χ0v) is 14.9. The summed E-state index contributed by atoms with van der Waals surface area (Å²) in [6.45, 7) is 1.11. The van der Waals surface area contributed by atoms with Gasteiger partial charge >= 0.3 is 0 Å². The SMILES string of the molecule is COc1cc(=O)n(-c2ccccc2)cc1C(=O)N1CCC(n2nccn2)C1. The molecule has 1 unspecified atom stereocenters. The van der Waals surface area contributed by atoms with E-state index in [9.17, 15) is 9.59 Å². The summed E-state index contributed by atoms with van der Waals surface area (Å²) in [5.74, 6) is 0.101. The van der Waals surface area contributed by atoms with Gasteiger partial charge in [-0.2, -0.15) is 15.0 Å². The van der Waals surface area contributed by atoms with E-state index in [0.717, 1.165) is 6.42 Å². The second kappa shape index (κ2) is 7.06. The predicted octanol–water partition coefficient (Wildman–Crippen LogP) is 1.52. The molecule has 3 aromatic rings. The van der Waals surface area contributed by atoms with Crippen molar-refractivity contribution >= 4 is 5.91 Å². The second-order valence-electron chi connectivity index (χ2n) is 6.34. The Hall–Kier alpha value is -3.42. The Balaban J connectivity index is 1.66. The summed E-state index contributed by atoms with van der Waals surface area (Å²) in [5.41, 5.74) is 0.795. The van der Waals surface area contributed by atoms with Gasteiger partial charge in [-0.15, -0.1) is 0 Å². The number of likely N-dealkylation sites (tertiary alicyclic amines) is 1. The molecular weight excluding hydrogens is 346 g/mol. The molecular formula is C19H19N5O3. The highest BCUT2D eigenvalue weighted by Crippen LogP contribution is 2.25. The van der Waals surface area contributed by atoms with E-state index >= 15 is 0 Å². The summed E-state index contributed by atoms with van der Waals surface area (Å²) in [7, 11) is 1.46. The zero-order chi connectivity index (χ0) is 18.8. The summed E-state index contributed by atoms with van der Waals surface area (Å²) in [6.07, 6.45) is 5.59. The number of pyridine rings is 1. The van der Waals surface area contributed by atoms with Gasteiger partial charge in [0.15, 0.2) is 0 Å². The van der Waals surface area contributed by atoms with E-state index in [2.05, 4.69) is 10.2 Å². The zero-order valence-electron chi connectivity index (χ0n) is 14.9. The lowest BCUT2D eigenvalue weighted by molar-refractivity contribution is 0.0782. The van der Waals surface area contributed by atoms with Crippen molar-refractivity contribution in [1.82, 2.24) is 24.5 Å². The number of carbonyl (C=O) groups excluding carboxylic acids is 1. The second-order valence-corrected chi connectivity index (χ2v) is 6.34. The molecule has 138 valence electrons. The Kier molecular flexibility index (Phi) is 4.45. The van der Waals surface area contributed by atoms with Gasteiger partial charge in [-0.1, -0.05) is 18.2 Å². The lowest BCUT2D eigenvalue weighted by atomic mass is 10.2. The Morgan fingerprint density at radius 1 is 1.19 bits per heavy atom. The number of aromatic nitrogens is 4. The molecule has 1 amide bonds. The van der Waals surface area contributed by atoms with Gasteiger partial charge in [0.2, 0.25) is 0 Å². The van der Waals surface area contributed by atoms with Crippen LogP contribution in [0, 0.1) is 0 Å². The van der Waals surface area contributed by atoms with Crippen LogP contribution < -0.4 is 10.3 Å². The van der Waals surface area contributed by atoms with Crippen LogP contribution in [0.15, 0.2) is 59.8 Å². The smallest absolute Gasteiger partial charge is 0.259 e. The maximum absolute atomic E-state index is 13.1. The van der Waals surface area contributed by atoms with Gasteiger partial charge in [0.05, 0.1) is 31.1 Å². The monoisotopic (exact) mass is 365 g/mol. The van der Waals surface area contributed by atoms with Gasteiger partial charge in [0.25, 0.3) is 11.5 Å². The largest absolute Gasteiger partial charge is 0.496 e. The van der Waals surface area contributed by atoms with Gasteiger partial charge in [0.1, 0.15) is 5.75 Å². The molecule has 3 heterocycles. The fraction of sp³-hybridized carbons (Fsp3) is 0.263. The molecule has 0 saturated carbocycles. The van der Waals surface area contributed by atoms with Crippen molar-refractivity contribution in [3.05, 3.63) is 70.9 Å². The number of carbonyl (C=O) groups is 1. The first-order chi connectivity index (χ1) is 13.2. The average Bonchev–Trinajstić information content (AvgIpc) is 3.39. The van der Waals surface area contributed by atoms with E-state index in [4.69, 9.17) is 4.74 Å². The number of nitrogens with zero attached hydrogens (tertiary/aromatic N) is 5. The molecule has 2 aromatic heterocycles. The summed E-state index contributed by atoms with van der Waals surface area (Å²) in [6, 6.07) is 10.6. The minimum atomic E-state index is -0.255. The van der Waals surface area contributed by atoms with Gasteiger partial charge < -0.3 is 9.64 Å². The quantitative estimate of drug-likeness (QED) is 0.700. The van der Waals surface area contributed by atoms with Crippen LogP contribution in [0.5, 0.6) is 5.75 Å². The molecule has 1 fully saturated rings. The van der Waals surface area contributed by atoms with E-state index in [1.54, 1.807) is 28.3 Å². The van der Waals surface area contributed by atoms with E-state index < -0.39 is 0 Å². The van der Waals surface area contributed by atoms with Crippen molar-refractivity contribution < 1.29 is 9.53 Å². The van der Waals surface area contributed by atoms with Crippen LogP contribution in [0.4, 0.5) is 0 Å². The van der Waals surface area contributed by atoms with Crippen LogP contribution >= 0.6 is 0 Å². The molecule has 1 saturated heterocycles. The highest BCUT2D eigenvalue weighted by Gasteiger charge is 2.30. The van der Waals surface area contributed by atoms with Crippen LogP contribution in [0.2, 0.25) is 0 Å². The lowest BCUT2D eigenvalue weighted by Gasteiger charge is -2.19. The van der Waals surface area contributed by atoms with Crippen LogP contribution in [-0.2, 0) is 0 Å². The van der Waals surface area contributed by atoms with E-state index in [-0.39, 0.29) is 23.3 Å². The third-order valence-electron chi connectivity index (χ3n) is 4.71. The third-order valence-corrected chi connectivity index (χ3v) is 4.71. The lowest BCUT2D eigenvalue weighted by Crippen LogP contribution is -2.31. The molecule has 1 atom stereocenters. The minimum absolute atomic E-state index is 0.0509. The average molecular weight is 365 g/mol. The van der Waals surface area contributed by atoms with Gasteiger partial charge in [-0.3, -0.25) is 14.2 Å². The van der Waals surface area contributed by atoms with Crippen LogP contribution in [0.3, 0.4) is 0 Å². The van der Waals surface area contributed by atoms with Crippen molar-refractivity contribution in [1.29, 1.82) is 0 Å². The molecule has 1 aromatic carbocycles. The highest BCUT2D eigenvalue weighted by molar-refractivity contribution is 5.97. The molecule has 4 rings (SSSR count). The van der Waals surface area contributed by atoms with Crippen molar-refractivity contribution in [2.24, 2.45) is 0 Å². The Morgan fingerprint density at radius 2 is 1.93 bits per heavy atom. The van der Waals surface area contributed by atoms with Crippen molar-refractivity contribution in [2.75, 3.05) is 20.2 Å². The van der Waals surface area contributed by atoms with E-state index in [1.165, 1.54) is 17.7 Å². The number of methoxy groups -OCH3 is 1.